The van der Waals surface area contributed by atoms with Crippen molar-refractivity contribution < 1.29 is 9.90 Å². The molecule has 0 bridgehead atoms. The number of aromatic nitrogens is 3. The Kier molecular flexibility index (Phi) is 4.28. The fourth-order valence-electron chi connectivity index (χ4n) is 1.56. The Hall–Kier alpha value is -3.18. The summed E-state index contributed by atoms with van der Waals surface area (Å²) in [5.74, 6) is 1.01. The molecule has 0 spiro atoms. The van der Waals surface area contributed by atoms with Crippen molar-refractivity contribution in [2.75, 3.05) is 0 Å². The predicted octanol–water partition coefficient (Wildman–Crippen LogP) is 1.88. The summed E-state index contributed by atoms with van der Waals surface area (Å²) in [5.41, 5.74) is 0.436. The summed E-state index contributed by atoms with van der Waals surface area (Å²) >= 11 is 0. The fourth-order valence-corrected chi connectivity index (χ4v) is 1.56. The van der Waals surface area contributed by atoms with E-state index in [2.05, 4.69) is 19.9 Å². The Bertz CT molecular complexity index is 749. The van der Waals surface area contributed by atoms with Crippen LogP contribution in [0, 0.1) is 0 Å². The van der Waals surface area contributed by atoms with Gasteiger partial charge in [0.15, 0.2) is 11.6 Å². The van der Waals surface area contributed by atoms with Gasteiger partial charge >= 0.3 is 5.97 Å². The molecule has 104 valence electrons. The van der Waals surface area contributed by atoms with Gasteiger partial charge in [-0.2, -0.15) is 0 Å². The molecule has 0 aromatic carbocycles. The smallest absolute Gasteiger partial charge is 0.343 e. The van der Waals surface area contributed by atoms with E-state index < -0.39 is 11.5 Å². The van der Waals surface area contributed by atoms with E-state index in [4.69, 9.17) is 10.5 Å². The van der Waals surface area contributed by atoms with Crippen molar-refractivity contribution in [3.05, 3.63) is 47.8 Å². The summed E-state index contributed by atoms with van der Waals surface area (Å²) < 4.78 is 0. The molecule has 2 heterocycles. The van der Waals surface area contributed by atoms with E-state index in [1.807, 2.05) is 0 Å². The lowest BCUT2D eigenvalue weighted by Gasteiger charge is -2.03. The second-order valence-corrected chi connectivity index (χ2v) is 3.96. The molecule has 2 aromatic rings. The van der Waals surface area contributed by atoms with Gasteiger partial charge in [-0.25, -0.2) is 19.8 Å². The van der Waals surface area contributed by atoms with Crippen LogP contribution in [0.3, 0.4) is 0 Å². The van der Waals surface area contributed by atoms with E-state index in [-0.39, 0.29) is 11.5 Å². The molecule has 7 nitrogen and oxygen atoms in total. The fraction of sp³-hybridized carbons (Fsp3) is 0.0714. The Balaban J connectivity index is 2.39. The first-order valence-corrected chi connectivity index (χ1v) is 5.91. The molecule has 2 aromatic heterocycles. The van der Waals surface area contributed by atoms with Gasteiger partial charge in [0.25, 0.3) is 0 Å². The average molecular weight is 280 g/mol. The van der Waals surface area contributed by atoms with Crippen molar-refractivity contribution in [1.82, 2.24) is 15.0 Å². The van der Waals surface area contributed by atoms with Gasteiger partial charge in [-0.1, -0.05) is 0 Å². The van der Waals surface area contributed by atoms with Gasteiger partial charge in [-0.05, 0) is 19.1 Å². The van der Waals surface area contributed by atoms with Crippen LogP contribution < -0.4 is 0 Å². The van der Waals surface area contributed by atoms with Crippen molar-refractivity contribution in [3.63, 3.8) is 0 Å². The number of hydrogen-bond acceptors (Lipinski definition) is 5. The molecular weight excluding hydrogens is 270 g/mol. The zero-order valence-corrected chi connectivity index (χ0v) is 11.1. The van der Waals surface area contributed by atoms with E-state index in [0.29, 0.717) is 5.82 Å². The molecule has 1 N–H and O–H groups in total. The Morgan fingerprint density at radius 2 is 2.00 bits per heavy atom. The van der Waals surface area contributed by atoms with E-state index in [0.717, 1.165) is 5.56 Å². The van der Waals surface area contributed by atoms with E-state index >= 15 is 0 Å². The molecular formula is C14H10N5O2-. The minimum Gasteiger partial charge on any atom is -0.763 e. The number of carboxylic acid groups (broad SMARTS) is 1. The molecule has 0 amide bonds. The number of nitrogens with zero attached hydrogens (tertiary/aromatic N) is 5. The highest BCUT2D eigenvalue weighted by Gasteiger charge is 2.09. The number of aliphatic carboxylic acids is 1. The zero-order valence-electron chi connectivity index (χ0n) is 11.1. The largest absolute Gasteiger partial charge is 0.763 e. The van der Waals surface area contributed by atoms with Gasteiger partial charge in [0.05, 0.1) is 11.3 Å². The quantitative estimate of drug-likeness (QED) is 0.679. The van der Waals surface area contributed by atoms with Crippen molar-refractivity contribution >= 4 is 23.4 Å². The highest BCUT2D eigenvalue weighted by atomic mass is 16.4. The third-order valence-corrected chi connectivity index (χ3v) is 2.55. The minimum atomic E-state index is -1.32. The highest BCUT2D eigenvalue weighted by molar-refractivity contribution is 6.25. The van der Waals surface area contributed by atoms with Gasteiger partial charge in [0, 0.05) is 30.2 Å². The lowest BCUT2D eigenvalue weighted by molar-refractivity contribution is -0.131. The summed E-state index contributed by atoms with van der Waals surface area (Å²) in [6.45, 7) is 1.45. The van der Waals surface area contributed by atoms with Crippen LogP contribution in [0.5, 0.6) is 0 Å². The molecule has 0 aliphatic rings. The van der Waals surface area contributed by atoms with Crippen molar-refractivity contribution in [3.8, 4) is 11.4 Å². The second-order valence-electron chi connectivity index (χ2n) is 3.96. The maximum Gasteiger partial charge on any atom is 0.343 e. The molecule has 0 radical (unpaired) electrons. The summed E-state index contributed by atoms with van der Waals surface area (Å²) in [6, 6.07) is 5.03. The third-order valence-electron chi connectivity index (χ3n) is 2.55. The number of carboxylic acids is 1. The van der Waals surface area contributed by atoms with Gasteiger partial charge in [-0.3, -0.25) is 10.9 Å². The van der Waals surface area contributed by atoms with Crippen LogP contribution >= 0.6 is 0 Å². The summed E-state index contributed by atoms with van der Waals surface area (Å²) in [6.07, 6.45) is 4.75. The number of pyridine rings is 1. The average Bonchev–Trinajstić information content (AvgIpc) is 2.48. The Labute approximate surface area is 120 Å². The maximum absolute atomic E-state index is 10.9. The van der Waals surface area contributed by atoms with Crippen molar-refractivity contribution in [2.24, 2.45) is 4.99 Å². The Morgan fingerprint density at radius 3 is 2.62 bits per heavy atom. The third kappa shape index (κ3) is 3.43. The second kappa shape index (κ2) is 6.31. The molecule has 0 aliphatic heterocycles. The topological polar surface area (TPSA) is 111 Å². The molecule has 7 heteroatoms. The van der Waals surface area contributed by atoms with E-state index in [1.165, 1.54) is 19.2 Å². The molecule has 0 atom stereocenters. The number of aliphatic imine (C=N–C) groups is 1. The van der Waals surface area contributed by atoms with Crippen LogP contribution in [0.4, 0.5) is 5.82 Å². The van der Waals surface area contributed by atoms with Crippen molar-refractivity contribution in [1.29, 1.82) is 0 Å². The zero-order chi connectivity index (χ0) is 15.2. The normalized spacial score (nSPS) is 10.8. The van der Waals surface area contributed by atoms with Crippen LogP contribution in [0.25, 0.3) is 16.8 Å². The summed E-state index contributed by atoms with van der Waals surface area (Å²) in [7, 11) is 0. The lowest BCUT2D eigenvalue weighted by Crippen LogP contribution is -2.09. The number of hydrogen-bond donors (Lipinski definition) is 1. The standard InChI is InChI=1S/C14H10N5O2/c1-9(11(8-15)14(20)21)18-12-4-7-17-13(19-12)10-2-5-16-6-3-10/h2-7H,1H3,(H,20,21)/q-1. The first-order valence-electron chi connectivity index (χ1n) is 5.91. The molecule has 21 heavy (non-hydrogen) atoms. The van der Waals surface area contributed by atoms with E-state index in [1.54, 1.807) is 30.4 Å². The first-order chi connectivity index (χ1) is 10.1. The molecule has 0 saturated heterocycles. The number of carbonyl (C=O) groups is 1. The molecule has 0 saturated carbocycles. The molecule has 0 unspecified atom stereocenters. The first kappa shape index (κ1) is 14.2. The van der Waals surface area contributed by atoms with Crippen molar-refractivity contribution in [2.45, 2.75) is 6.92 Å². The van der Waals surface area contributed by atoms with Crippen LogP contribution in [0.1, 0.15) is 6.92 Å². The predicted molar refractivity (Wildman–Crippen MR) is 77.5 cm³/mol. The molecule has 2 rings (SSSR count). The molecule has 0 fully saturated rings. The maximum atomic E-state index is 10.9. The Morgan fingerprint density at radius 1 is 1.29 bits per heavy atom. The lowest BCUT2D eigenvalue weighted by atomic mass is 10.2. The summed E-state index contributed by atoms with van der Waals surface area (Å²) in [4.78, 5) is 27.2. The molecule has 0 aliphatic carbocycles. The van der Waals surface area contributed by atoms with Crippen LogP contribution in [0.2, 0.25) is 0 Å². The van der Waals surface area contributed by atoms with Crippen LogP contribution in [-0.4, -0.2) is 37.6 Å². The SMILES string of the molecule is CC(=Nc1ccnc(-c2ccncc2)n1)C(=C=[N-])C(=O)O. The van der Waals surface area contributed by atoms with Gasteiger partial charge < -0.3 is 10.5 Å². The minimum absolute atomic E-state index is 0.0874. The highest BCUT2D eigenvalue weighted by Crippen LogP contribution is 2.17. The van der Waals surface area contributed by atoms with Crippen LogP contribution in [-0.2, 0) is 4.79 Å². The summed E-state index contributed by atoms with van der Waals surface area (Å²) in [5, 5.41) is 17.7. The van der Waals surface area contributed by atoms with Gasteiger partial charge in [0.1, 0.15) is 0 Å². The van der Waals surface area contributed by atoms with Crippen LogP contribution in [0.15, 0.2) is 47.4 Å². The van der Waals surface area contributed by atoms with E-state index in [9.17, 15) is 4.79 Å². The number of rotatable bonds is 4. The van der Waals surface area contributed by atoms with Gasteiger partial charge in [0.2, 0.25) is 0 Å². The van der Waals surface area contributed by atoms with Gasteiger partial charge in [-0.15, -0.1) is 0 Å². The monoisotopic (exact) mass is 280 g/mol.